The number of methoxy groups -OCH3 is 2. The van der Waals surface area contributed by atoms with Crippen molar-refractivity contribution in [1.82, 2.24) is 0 Å². The second-order valence-electron chi connectivity index (χ2n) is 3.67. The van der Waals surface area contributed by atoms with Gasteiger partial charge in [0.15, 0.2) is 0 Å². The predicted octanol–water partition coefficient (Wildman–Crippen LogP) is 2.32. The van der Waals surface area contributed by atoms with Crippen molar-refractivity contribution in [3.05, 3.63) is 17.7 Å². The molecule has 0 aliphatic rings. The van der Waals surface area contributed by atoms with Crippen LogP contribution in [-0.4, -0.2) is 26.5 Å². The molecule has 0 aliphatic carbocycles. The number of nitrogens with two attached hydrogens (primary N) is 1. The monoisotopic (exact) mass is 241 g/mol. The van der Waals surface area contributed by atoms with Crippen molar-refractivity contribution in [2.75, 3.05) is 20.5 Å². The zero-order valence-corrected chi connectivity index (χ0v) is 11.1. The summed E-state index contributed by atoms with van der Waals surface area (Å²) < 4.78 is 10.8. The minimum Gasteiger partial charge on any atom is -0.495 e. The van der Waals surface area contributed by atoms with Crippen LogP contribution in [-0.2, 0) is 6.42 Å². The van der Waals surface area contributed by atoms with Crippen LogP contribution in [0.25, 0.3) is 0 Å². The molecule has 4 heteroatoms. The minimum atomic E-state index is 0.122. The SMILES string of the molecule is COc1ccc(CC(C)N)c(OC)c1SC. The maximum Gasteiger partial charge on any atom is 0.139 e. The lowest BCUT2D eigenvalue weighted by Gasteiger charge is -2.16. The first kappa shape index (κ1) is 13.2. The van der Waals surface area contributed by atoms with Crippen molar-refractivity contribution in [3.8, 4) is 11.5 Å². The van der Waals surface area contributed by atoms with Crippen molar-refractivity contribution in [2.45, 2.75) is 24.3 Å². The summed E-state index contributed by atoms with van der Waals surface area (Å²) >= 11 is 1.62. The van der Waals surface area contributed by atoms with Crippen LogP contribution >= 0.6 is 11.8 Å². The molecule has 1 atom stereocenters. The van der Waals surface area contributed by atoms with Gasteiger partial charge in [-0.25, -0.2) is 0 Å². The average molecular weight is 241 g/mol. The minimum absolute atomic E-state index is 0.122. The highest BCUT2D eigenvalue weighted by Gasteiger charge is 2.14. The molecule has 0 bridgehead atoms. The molecule has 0 amide bonds. The van der Waals surface area contributed by atoms with Crippen LogP contribution in [0.3, 0.4) is 0 Å². The van der Waals surface area contributed by atoms with Crippen molar-refractivity contribution in [3.63, 3.8) is 0 Å². The smallest absolute Gasteiger partial charge is 0.139 e. The van der Waals surface area contributed by atoms with E-state index in [2.05, 4.69) is 0 Å². The van der Waals surface area contributed by atoms with Gasteiger partial charge in [-0.15, -0.1) is 11.8 Å². The summed E-state index contributed by atoms with van der Waals surface area (Å²) in [5.41, 5.74) is 6.94. The van der Waals surface area contributed by atoms with Gasteiger partial charge in [0.05, 0.1) is 19.1 Å². The van der Waals surface area contributed by atoms with Gasteiger partial charge >= 0.3 is 0 Å². The van der Waals surface area contributed by atoms with Crippen molar-refractivity contribution in [2.24, 2.45) is 5.73 Å². The van der Waals surface area contributed by atoms with E-state index in [-0.39, 0.29) is 6.04 Å². The van der Waals surface area contributed by atoms with Gasteiger partial charge in [0.2, 0.25) is 0 Å². The van der Waals surface area contributed by atoms with E-state index < -0.39 is 0 Å². The Morgan fingerprint density at radius 2 is 2.00 bits per heavy atom. The summed E-state index contributed by atoms with van der Waals surface area (Å²) in [7, 11) is 3.35. The average Bonchev–Trinajstić information content (AvgIpc) is 2.27. The fourth-order valence-electron chi connectivity index (χ4n) is 1.67. The highest BCUT2D eigenvalue weighted by atomic mass is 32.2. The molecular weight excluding hydrogens is 222 g/mol. The lowest BCUT2D eigenvalue weighted by molar-refractivity contribution is 0.372. The van der Waals surface area contributed by atoms with Gasteiger partial charge < -0.3 is 15.2 Å². The topological polar surface area (TPSA) is 44.5 Å². The molecule has 1 rings (SSSR count). The number of thioether (sulfide) groups is 1. The van der Waals surface area contributed by atoms with E-state index in [1.165, 1.54) is 0 Å². The van der Waals surface area contributed by atoms with Gasteiger partial charge in [-0.2, -0.15) is 0 Å². The van der Waals surface area contributed by atoms with Gasteiger partial charge in [0.25, 0.3) is 0 Å². The fraction of sp³-hybridized carbons (Fsp3) is 0.500. The van der Waals surface area contributed by atoms with Crippen LogP contribution in [0.5, 0.6) is 11.5 Å². The number of rotatable bonds is 5. The Labute approximate surface area is 101 Å². The summed E-state index contributed by atoms with van der Waals surface area (Å²) in [6.07, 6.45) is 2.82. The summed E-state index contributed by atoms with van der Waals surface area (Å²) in [6, 6.07) is 4.10. The Kier molecular flexibility index (Phi) is 4.96. The molecule has 2 N–H and O–H groups in total. The molecule has 0 fully saturated rings. The molecule has 0 aliphatic heterocycles. The maximum atomic E-state index is 5.82. The Hall–Kier alpha value is -0.870. The van der Waals surface area contributed by atoms with E-state index >= 15 is 0 Å². The summed E-state index contributed by atoms with van der Waals surface area (Å²) in [5, 5.41) is 0. The van der Waals surface area contributed by atoms with Crippen LogP contribution in [0.2, 0.25) is 0 Å². The van der Waals surface area contributed by atoms with E-state index in [9.17, 15) is 0 Å². The fourth-order valence-corrected chi connectivity index (χ4v) is 2.42. The molecule has 3 nitrogen and oxygen atoms in total. The number of hydrogen-bond donors (Lipinski definition) is 1. The quantitative estimate of drug-likeness (QED) is 0.804. The van der Waals surface area contributed by atoms with Crippen molar-refractivity contribution < 1.29 is 9.47 Å². The van der Waals surface area contributed by atoms with Crippen LogP contribution in [0.4, 0.5) is 0 Å². The first-order valence-electron chi connectivity index (χ1n) is 5.17. The molecule has 0 saturated carbocycles. The van der Waals surface area contributed by atoms with Gasteiger partial charge in [0.1, 0.15) is 11.5 Å². The standard InChI is InChI=1S/C12H19NO2S/c1-8(13)7-9-5-6-10(14-2)12(16-4)11(9)15-3/h5-6,8H,7,13H2,1-4H3. The van der Waals surface area contributed by atoms with Crippen molar-refractivity contribution >= 4 is 11.8 Å². The van der Waals surface area contributed by atoms with Crippen LogP contribution in [0.1, 0.15) is 12.5 Å². The molecule has 1 aromatic carbocycles. The van der Waals surface area contributed by atoms with E-state index in [0.29, 0.717) is 0 Å². The zero-order valence-electron chi connectivity index (χ0n) is 10.2. The number of ether oxygens (including phenoxy) is 2. The molecule has 0 saturated heterocycles. The molecule has 90 valence electrons. The second-order valence-corrected chi connectivity index (χ2v) is 4.49. The molecule has 0 radical (unpaired) electrons. The van der Waals surface area contributed by atoms with E-state index in [1.54, 1.807) is 26.0 Å². The Balaban J connectivity index is 3.20. The largest absolute Gasteiger partial charge is 0.495 e. The number of hydrogen-bond acceptors (Lipinski definition) is 4. The molecule has 0 heterocycles. The Morgan fingerprint density at radius 3 is 2.44 bits per heavy atom. The first-order valence-corrected chi connectivity index (χ1v) is 6.40. The van der Waals surface area contributed by atoms with Crippen LogP contribution in [0, 0.1) is 0 Å². The predicted molar refractivity (Wildman–Crippen MR) is 68.7 cm³/mol. The molecule has 1 aromatic rings. The molecular formula is C12H19NO2S. The maximum absolute atomic E-state index is 5.82. The van der Waals surface area contributed by atoms with Crippen LogP contribution in [0.15, 0.2) is 17.0 Å². The summed E-state index contributed by atoms with van der Waals surface area (Å²) in [6.45, 7) is 1.99. The third-order valence-electron chi connectivity index (χ3n) is 2.33. The molecule has 0 spiro atoms. The Bertz CT molecular complexity index is 353. The van der Waals surface area contributed by atoms with Gasteiger partial charge in [-0.3, -0.25) is 0 Å². The van der Waals surface area contributed by atoms with E-state index in [1.807, 2.05) is 25.3 Å². The van der Waals surface area contributed by atoms with Gasteiger partial charge in [-0.05, 0) is 31.2 Å². The zero-order chi connectivity index (χ0) is 12.1. The highest BCUT2D eigenvalue weighted by molar-refractivity contribution is 7.98. The van der Waals surface area contributed by atoms with E-state index in [0.717, 1.165) is 28.4 Å². The molecule has 16 heavy (non-hydrogen) atoms. The summed E-state index contributed by atoms with van der Waals surface area (Å²) in [4.78, 5) is 1.03. The van der Waals surface area contributed by atoms with Gasteiger partial charge in [0, 0.05) is 6.04 Å². The van der Waals surface area contributed by atoms with Crippen molar-refractivity contribution in [1.29, 1.82) is 0 Å². The molecule has 0 aromatic heterocycles. The first-order chi connectivity index (χ1) is 7.63. The third kappa shape index (κ3) is 2.83. The van der Waals surface area contributed by atoms with E-state index in [4.69, 9.17) is 15.2 Å². The van der Waals surface area contributed by atoms with Gasteiger partial charge in [-0.1, -0.05) is 6.07 Å². The lowest BCUT2D eigenvalue weighted by Crippen LogP contribution is -2.18. The highest BCUT2D eigenvalue weighted by Crippen LogP contribution is 2.39. The third-order valence-corrected chi connectivity index (χ3v) is 3.12. The second kappa shape index (κ2) is 6.01. The normalized spacial score (nSPS) is 12.3. The summed E-state index contributed by atoms with van der Waals surface area (Å²) in [5.74, 6) is 1.72. The molecule has 1 unspecified atom stereocenters. The lowest BCUT2D eigenvalue weighted by atomic mass is 10.1. The number of benzene rings is 1. The Morgan fingerprint density at radius 1 is 1.31 bits per heavy atom. The van der Waals surface area contributed by atoms with Crippen LogP contribution < -0.4 is 15.2 Å².